The second-order valence-corrected chi connectivity index (χ2v) is 17.6. The fourth-order valence-electron chi connectivity index (χ4n) is 11.0. The quantitative estimate of drug-likeness (QED) is 0.160. The minimum atomic E-state index is -0.518. The van der Waals surface area contributed by atoms with E-state index in [2.05, 4.69) is 243 Å². The lowest BCUT2D eigenvalue weighted by molar-refractivity contribution is 0.769. The molecular formula is C65H42N2. The summed E-state index contributed by atoms with van der Waals surface area (Å²) in [6, 6.07) is 92.6. The van der Waals surface area contributed by atoms with Crippen molar-refractivity contribution in [1.82, 2.24) is 9.97 Å². The maximum absolute atomic E-state index is 5.24. The van der Waals surface area contributed by atoms with Crippen LogP contribution in [0, 0.1) is 0 Å². The second-order valence-electron chi connectivity index (χ2n) is 17.6. The Hall–Kier alpha value is -8.72. The molecule has 0 saturated heterocycles. The number of rotatable bonds is 7. The van der Waals surface area contributed by atoms with Gasteiger partial charge in [0.2, 0.25) is 0 Å². The Kier molecular flexibility index (Phi) is 9.11. The molecule has 13 rings (SSSR count). The SMILES string of the molecule is c1ccc(-c2cc(-c3ccccc3)nc(-c3ccc(-c4ccc(-c5ccc6c(c5)C(c5ccccc5)(c5ccccc5)c5ccc7ccccc7c5-6)c5ccccc45)c4ccccc34)n2)cc1. The van der Waals surface area contributed by atoms with Gasteiger partial charge in [0.05, 0.1) is 16.8 Å². The van der Waals surface area contributed by atoms with Crippen LogP contribution in [0.15, 0.2) is 255 Å². The molecule has 0 aliphatic heterocycles. The Morgan fingerprint density at radius 2 is 0.701 bits per heavy atom. The summed E-state index contributed by atoms with van der Waals surface area (Å²) in [5.74, 6) is 0.706. The largest absolute Gasteiger partial charge is 0.228 e. The first kappa shape index (κ1) is 38.7. The molecule has 0 amide bonds. The molecule has 12 aromatic rings. The molecule has 2 heteroatoms. The summed E-state index contributed by atoms with van der Waals surface area (Å²) in [5, 5.41) is 7.22. The number of hydrogen-bond acceptors (Lipinski definition) is 2. The molecule has 0 saturated carbocycles. The summed E-state index contributed by atoms with van der Waals surface area (Å²) in [4.78, 5) is 10.5. The average molecular weight is 851 g/mol. The van der Waals surface area contributed by atoms with Gasteiger partial charge < -0.3 is 0 Å². The lowest BCUT2D eigenvalue weighted by Gasteiger charge is -2.34. The van der Waals surface area contributed by atoms with E-state index < -0.39 is 5.41 Å². The Balaban J connectivity index is 0.992. The van der Waals surface area contributed by atoms with Crippen LogP contribution >= 0.6 is 0 Å². The number of hydrogen-bond donors (Lipinski definition) is 0. The van der Waals surface area contributed by atoms with E-state index in [1.165, 1.54) is 77.2 Å². The van der Waals surface area contributed by atoms with E-state index in [1.807, 2.05) is 12.1 Å². The molecular weight excluding hydrogens is 809 g/mol. The number of nitrogens with zero attached hydrogens (tertiary/aromatic N) is 2. The van der Waals surface area contributed by atoms with Crippen LogP contribution in [0.2, 0.25) is 0 Å². The molecule has 1 aromatic heterocycles. The van der Waals surface area contributed by atoms with E-state index in [4.69, 9.17) is 9.97 Å². The molecule has 0 fully saturated rings. The van der Waals surface area contributed by atoms with Crippen molar-refractivity contribution in [2.75, 3.05) is 0 Å². The van der Waals surface area contributed by atoms with Gasteiger partial charge in [-0.05, 0) is 106 Å². The van der Waals surface area contributed by atoms with Crippen molar-refractivity contribution >= 4 is 32.3 Å². The van der Waals surface area contributed by atoms with Gasteiger partial charge in [0.25, 0.3) is 0 Å². The zero-order chi connectivity index (χ0) is 44.3. The number of fused-ring (bicyclic) bond motifs is 7. The second kappa shape index (κ2) is 15.8. The van der Waals surface area contributed by atoms with Crippen LogP contribution in [-0.4, -0.2) is 9.97 Å². The molecule has 1 aliphatic carbocycles. The van der Waals surface area contributed by atoms with Crippen molar-refractivity contribution in [2.24, 2.45) is 0 Å². The van der Waals surface area contributed by atoms with E-state index in [0.717, 1.165) is 38.9 Å². The lowest BCUT2D eigenvalue weighted by atomic mass is 9.67. The van der Waals surface area contributed by atoms with Crippen LogP contribution in [0.1, 0.15) is 22.3 Å². The first-order valence-corrected chi connectivity index (χ1v) is 23.1. The summed E-state index contributed by atoms with van der Waals surface area (Å²) in [5.41, 5.74) is 16.9. The highest BCUT2D eigenvalue weighted by Gasteiger charge is 2.46. The molecule has 0 radical (unpaired) electrons. The topological polar surface area (TPSA) is 25.8 Å². The van der Waals surface area contributed by atoms with Gasteiger partial charge in [-0.2, -0.15) is 0 Å². The first-order chi connectivity index (χ1) is 33.2. The Labute approximate surface area is 390 Å². The van der Waals surface area contributed by atoms with Crippen LogP contribution in [0.25, 0.3) is 99.6 Å². The highest BCUT2D eigenvalue weighted by Crippen LogP contribution is 2.58. The molecule has 2 nitrogen and oxygen atoms in total. The van der Waals surface area contributed by atoms with Crippen LogP contribution < -0.4 is 0 Å². The fourth-order valence-corrected chi connectivity index (χ4v) is 11.0. The minimum Gasteiger partial charge on any atom is -0.228 e. The molecule has 0 spiro atoms. The van der Waals surface area contributed by atoms with Gasteiger partial charge in [0, 0.05) is 16.7 Å². The van der Waals surface area contributed by atoms with Crippen molar-refractivity contribution in [1.29, 1.82) is 0 Å². The first-order valence-electron chi connectivity index (χ1n) is 23.1. The maximum Gasteiger partial charge on any atom is 0.161 e. The van der Waals surface area contributed by atoms with Gasteiger partial charge in [0.15, 0.2) is 5.82 Å². The fraction of sp³-hybridized carbons (Fsp3) is 0.0154. The van der Waals surface area contributed by atoms with Crippen molar-refractivity contribution in [2.45, 2.75) is 5.41 Å². The Bertz CT molecular complexity index is 3740. The standard InChI is InChI=1S/C65H42N2/c1-5-20-44(21-6-1)61-42-62(45-22-7-2-8-23-45)67-64(66-61)57-39-38-56(53-31-17-18-32-54(53)57)55-37-36-49(51-29-15-16-30-52(51)55)46-33-35-58-60(41-46)65(47-24-9-3-10-25-47,48-26-11-4-12-27-48)59-40-34-43-19-13-14-28-50(43)63(58)59/h1-42H. The zero-order valence-corrected chi connectivity index (χ0v) is 36.6. The van der Waals surface area contributed by atoms with E-state index in [0.29, 0.717) is 5.82 Å². The summed E-state index contributed by atoms with van der Waals surface area (Å²) < 4.78 is 0. The highest BCUT2D eigenvalue weighted by atomic mass is 14.9. The van der Waals surface area contributed by atoms with Gasteiger partial charge >= 0.3 is 0 Å². The third-order valence-electron chi connectivity index (χ3n) is 14.0. The maximum atomic E-state index is 5.24. The highest BCUT2D eigenvalue weighted by molar-refractivity contribution is 6.12. The van der Waals surface area contributed by atoms with Crippen molar-refractivity contribution in [3.8, 4) is 67.3 Å². The third-order valence-corrected chi connectivity index (χ3v) is 14.0. The normalized spacial score (nSPS) is 12.6. The van der Waals surface area contributed by atoms with Gasteiger partial charge in [-0.25, -0.2) is 9.97 Å². The van der Waals surface area contributed by atoms with E-state index in [-0.39, 0.29) is 0 Å². The molecule has 11 aromatic carbocycles. The molecule has 1 aliphatic rings. The van der Waals surface area contributed by atoms with Gasteiger partial charge in [-0.3, -0.25) is 0 Å². The van der Waals surface area contributed by atoms with Gasteiger partial charge in [-0.15, -0.1) is 0 Å². The molecule has 0 N–H and O–H groups in total. The van der Waals surface area contributed by atoms with E-state index in [9.17, 15) is 0 Å². The monoisotopic (exact) mass is 850 g/mol. The molecule has 0 atom stereocenters. The average Bonchev–Trinajstić information content (AvgIpc) is 3.72. The smallest absolute Gasteiger partial charge is 0.161 e. The van der Waals surface area contributed by atoms with Crippen molar-refractivity contribution in [3.05, 3.63) is 277 Å². The van der Waals surface area contributed by atoms with E-state index >= 15 is 0 Å². The molecule has 312 valence electrons. The molecule has 67 heavy (non-hydrogen) atoms. The van der Waals surface area contributed by atoms with Crippen LogP contribution in [-0.2, 0) is 5.41 Å². The van der Waals surface area contributed by atoms with Gasteiger partial charge in [-0.1, -0.05) is 237 Å². The Morgan fingerprint density at radius 3 is 1.27 bits per heavy atom. The molecule has 1 heterocycles. The van der Waals surface area contributed by atoms with E-state index in [1.54, 1.807) is 0 Å². The zero-order valence-electron chi connectivity index (χ0n) is 36.6. The molecule has 0 bridgehead atoms. The number of benzene rings is 11. The minimum absolute atomic E-state index is 0.518. The summed E-state index contributed by atoms with van der Waals surface area (Å²) >= 11 is 0. The summed E-state index contributed by atoms with van der Waals surface area (Å²) in [6.07, 6.45) is 0. The van der Waals surface area contributed by atoms with Crippen molar-refractivity contribution in [3.63, 3.8) is 0 Å². The summed E-state index contributed by atoms with van der Waals surface area (Å²) in [6.45, 7) is 0. The lowest BCUT2D eigenvalue weighted by Crippen LogP contribution is -2.28. The van der Waals surface area contributed by atoms with Crippen LogP contribution in [0.5, 0.6) is 0 Å². The number of aromatic nitrogens is 2. The van der Waals surface area contributed by atoms with Crippen LogP contribution in [0.4, 0.5) is 0 Å². The Morgan fingerprint density at radius 1 is 0.269 bits per heavy atom. The van der Waals surface area contributed by atoms with Crippen LogP contribution in [0.3, 0.4) is 0 Å². The summed E-state index contributed by atoms with van der Waals surface area (Å²) in [7, 11) is 0. The predicted octanol–water partition coefficient (Wildman–Crippen LogP) is 16.6. The molecule has 0 unspecified atom stereocenters. The van der Waals surface area contributed by atoms with Gasteiger partial charge in [0.1, 0.15) is 0 Å². The third kappa shape index (κ3) is 6.18. The van der Waals surface area contributed by atoms with Crippen molar-refractivity contribution < 1.29 is 0 Å². The predicted molar refractivity (Wildman–Crippen MR) is 279 cm³/mol.